The Kier molecular flexibility index (Phi) is 8.45. The van der Waals surface area contributed by atoms with E-state index in [0.29, 0.717) is 30.5 Å². The van der Waals surface area contributed by atoms with Crippen molar-refractivity contribution in [2.24, 2.45) is 0 Å². The van der Waals surface area contributed by atoms with Crippen molar-refractivity contribution in [3.63, 3.8) is 0 Å². The van der Waals surface area contributed by atoms with E-state index >= 15 is 0 Å². The van der Waals surface area contributed by atoms with Gasteiger partial charge in [-0.3, -0.25) is 4.90 Å². The summed E-state index contributed by atoms with van der Waals surface area (Å²) in [5, 5.41) is 3.12. The first kappa shape index (κ1) is 26.3. The SMILES string of the molecule is COc1cc(N(C(=O)NCc2ccc3nc[nH]c3c2)C2CCCC2)ccc1OCCCCc1ccnc(N)c1. The normalized spacial score (nSPS) is 13.5. The second kappa shape index (κ2) is 12.5. The summed E-state index contributed by atoms with van der Waals surface area (Å²) < 4.78 is 11.7. The van der Waals surface area contributed by atoms with E-state index in [1.807, 2.05) is 53.4 Å². The maximum atomic E-state index is 13.5. The van der Waals surface area contributed by atoms with Crippen LogP contribution in [-0.2, 0) is 13.0 Å². The fourth-order valence-corrected chi connectivity index (χ4v) is 5.20. The standard InChI is InChI=1S/C30H36N6O3/c1-38-28-18-24(10-12-27(28)39-15-5-4-6-21-13-14-32-29(31)17-21)36(23-7-2-3-8-23)30(37)33-19-22-9-11-25-26(16-22)35-20-34-25/h9-14,16-18,20,23H,2-8,15,19H2,1H3,(H2,31,32)(H,33,37)(H,34,35). The number of fused-ring (bicyclic) bond motifs is 1. The Morgan fingerprint density at radius 1 is 1.05 bits per heavy atom. The van der Waals surface area contributed by atoms with Gasteiger partial charge in [-0.2, -0.15) is 0 Å². The molecule has 1 aliphatic carbocycles. The Morgan fingerprint density at radius 2 is 1.92 bits per heavy atom. The summed E-state index contributed by atoms with van der Waals surface area (Å²) in [7, 11) is 1.63. The van der Waals surface area contributed by atoms with E-state index in [1.165, 1.54) is 5.56 Å². The second-order valence-electron chi connectivity index (χ2n) is 9.95. The van der Waals surface area contributed by atoms with E-state index < -0.39 is 0 Å². The number of carbonyl (C=O) groups is 1. The van der Waals surface area contributed by atoms with Gasteiger partial charge >= 0.3 is 6.03 Å². The van der Waals surface area contributed by atoms with Gasteiger partial charge in [0, 0.05) is 30.5 Å². The predicted molar refractivity (Wildman–Crippen MR) is 153 cm³/mol. The van der Waals surface area contributed by atoms with Crippen molar-refractivity contribution in [1.82, 2.24) is 20.3 Å². The number of nitrogens with zero attached hydrogens (tertiary/aromatic N) is 3. The molecule has 0 unspecified atom stereocenters. The quantitative estimate of drug-likeness (QED) is 0.218. The summed E-state index contributed by atoms with van der Waals surface area (Å²) in [5.41, 5.74) is 10.6. The lowest BCUT2D eigenvalue weighted by molar-refractivity contribution is 0.243. The lowest BCUT2D eigenvalue weighted by Crippen LogP contribution is -2.45. The molecule has 0 radical (unpaired) electrons. The smallest absolute Gasteiger partial charge is 0.322 e. The highest BCUT2D eigenvalue weighted by Crippen LogP contribution is 2.35. The van der Waals surface area contributed by atoms with E-state index in [0.717, 1.165) is 67.2 Å². The molecule has 9 nitrogen and oxygen atoms in total. The lowest BCUT2D eigenvalue weighted by atomic mass is 10.1. The number of pyridine rings is 1. The number of benzene rings is 2. The van der Waals surface area contributed by atoms with Crippen LogP contribution in [0.15, 0.2) is 61.1 Å². The number of amides is 2. The summed E-state index contributed by atoms with van der Waals surface area (Å²) in [4.78, 5) is 26.8. The molecular weight excluding hydrogens is 492 g/mol. The average Bonchev–Trinajstić information content (AvgIpc) is 3.65. The van der Waals surface area contributed by atoms with E-state index in [-0.39, 0.29) is 12.1 Å². The summed E-state index contributed by atoms with van der Waals surface area (Å²) in [6.07, 6.45) is 10.4. The minimum Gasteiger partial charge on any atom is -0.493 e. The van der Waals surface area contributed by atoms with Gasteiger partial charge in [0.15, 0.2) is 11.5 Å². The summed E-state index contributed by atoms with van der Waals surface area (Å²) in [6, 6.07) is 15.7. The van der Waals surface area contributed by atoms with Crippen LogP contribution in [0.4, 0.5) is 16.3 Å². The first-order chi connectivity index (χ1) is 19.1. The molecule has 0 atom stereocenters. The van der Waals surface area contributed by atoms with Gasteiger partial charge in [0.2, 0.25) is 0 Å². The maximum Gasteiger partial charge on any atom is 0.322 e. The number of hydrogen-bond donors (Lipinski definition) is 3. The van der Waals surface area contributed by atoms with E-state index in [4.69, 9.17) is 15.2 Å². The molecule has 2 aromatic heterocycles. The molecule has 5 rings (SSSR count). The molecule has 2 amide bonds. The second-order valence-corrected chi connectivity index (χ2v) is 9.95. The minimum absolute atomic E-state index is 0.112. The molecule has 0 bridgehead atoms. The van der Waals surface area contributed by atoms with E-state index in [9.17, 15) is 4.79 Å². The highest BCUT2D eigenvalue weighted by Gasteiger charge is 2.29. The van der Waals surface area contributed by atoms with Crippen LogP contribution in [0.2, 0.25) is 0 Å². The molecular formula is C30H36N6O3. The number of imidazole rings is 1. The molecule has 4 N–H and O–H groups in total. The molecule has 4 aromatic rings. The number of aromatic amines is 1. The molecule has 39 heavy (non-hydrogen) atoms. The van der Waals surface area contributed by atoms with E-state index in [2.05, 4.69) is 20.3 Å². The van der Waals surface area contributed by atoms with E-state index in [1.54, 1.807) is 19.6 Å². The van der Waals surface area contributed by atoms with Crippen molar-refractivity contribution in [3.05, 3.63) is 72.2 Å². The van der Waals surface area contributed by atoms with Crippen molar-refractivity contribution in [1.29, 1.82) is 0 Å². The monoisotopic (exact) mass is 528 g/mol. The molecule has 0 saturated heterocycles. The topological polar surface area (TPSA) is 118 Å². The fraction of sp³-hybridized carbons (Fsp3) is 0.367. The molecule has 2 aromatic carbocycles. The number of methoxy groups -OCH3 is 1. The zero-order chi connectivity index (χ0) is 27.0. The first-order valence-electron chi connectivity index (χ1n) is 13.6. The molecule has 2 heterocycles. The zero-order valence-electron chi connectivity index (χ0n) is 22.4. The third kappa shape index (κ3) is 6.60. The number of nitrogen functional groups attached to an aromatic ring is 1. The summed E-state index contributed by atoms with van der Waals surface area (Å²) in [6.45, 7) is 1.01. The number of rotatable bonds is 11. The maximum absolute atomic E-state index is 13.5. The number of ether oxygens (including phenoxy) is 2. The van der Waals surface area contributed by atoms with Crippen molar-refractivity contribution in [3.8, 4) is 11.5 Å². The zero-order valence-corrected chi connectivity index (χ0v) is 22.4. The van der Waals surface area contributed by atoms with Crippen LogP contribution in [0.25, 0.3) is 11.0 Å². The van der Waals surface area contributed by atoms with Gasteiger partial charge in [-0.15, -0.1) is 0 Å². The molecule has 1 fully saturated rings. The van der Waals surface area contributed by atoms with Gasteiger partial charge in [0.1, 0.15) is 5.82 Å². The highest BCUT2D eigenvalue weighted by molar-refractivity contribution is 5.93. The Balaban J connectivity index is 1.21. The van der Waals surface area contributed by atoms with Gasteiger partial charge in [0.05, 0.1) is 31.1 Å². The fourth-order valence-electron chi connectivity index (χ4n) is 5.20. The van der Waals surface area contributed by atoms with Crippen LogP contribution in [-0.4, -0.2) is 40.7 Å². The Hall–Kier alpha value is -4.27. The number of carbonyl (C=O) groups excluding carboxylic acids is 1. The number of aromatic nitrogens is 3. The molecule has 9 heteroatoms. The average molecular weight is 529 g/mol. The van der Waals surface area contributed by atoms with Crippen molar-refractivity contribution < 1.29 is 14.3 Å². The highest BCUT2D eigenvalue weighted by atomic mass is 16.5. The number of hydrogen-bond acceptors (Lipinski definition) is 6. The number of unbranched alkanes of at least 4 members (excludes halogenated alkanes) is 1. The third-order valence-electron chi connectivity index (χ3n) is 7.23. The van der Waals surface area contributed by atoms with Crippen molar-refractivity contribution in [2.75, 3.05) is 24.4 Å². The number of nitrogens with one attached hydrogen (secondary N) is 2. The number of anilines is 2. The molecule has 1 aliphatic rings. The van der Waals surface area contributed by atoms with Crippen LogP contribution in [0, 0.1) is 0 Å². The Morgan fingerprint density at radius 3 is 2.74 bits per heavy atom. The van der Waals surface area contributed by atoms with Crippen LogP contribution in [0.5, 0.6) is 11.5 Å². The Labute approximate surface area is 228 Å². The predicted octanol–water partition coefficient (Wildman–Crippen LogP) is 5.61. The molecule has 0 aliphatic heterocycles. The van der Waals surface area contributed by atoms with Crippen LogP contribution in [0.1, 0.15) is 49.7 Å². The number of urea groups is 1. The molecule has 204 valence electrons. The van der Waals surface area contributed by atoms with Gasteiger partial charge in [-0.05, 0) is 79.6 Å². The number of aryl methyl sites for hydroxylation is 1. The van der Waals surface area contributed by atoms with Crippen molar-refractivity contribution in [2.45, 2.75) is 57.5 Å². The molecule has 1 saturated carbocycles. The van der Waals surface area contributed by atoms with Crippen molar-refractivity contribution >= 4 is 28.6 Å². The van der Waals surface area contributed by atoms with Crippen LogP contribution >= 0.6 is 0 Å². The van der Waals surface area contributed by atoms with Gasteiger partial charge < -0.3 is 25.5 Å². The summed E-state index contributed by atoms with van der Waals surface area (Å²) >= 11 is 0. The van der Waals surface area contributed by atoms with Crippen LogP contribution in [0.3, 0.4) is 0 Å². The van der Waals surface area contributed by atoms with Gasteiger partial charge in [-0.25, -0.2) is 14.8 Å². The Bertz CT molecular complexity index is 1400. The van der Waals surface area contributed by atoms with Gasteiger partial charge in [0.25, 0.3) is 0 Å². The lowest BCUT2D eigenvalue weighted by Gasteiger charge is -2.30. The third-order valence-corrected chi connectivity index (χ3v) is 7.23. The number of H-pyrrole nitrogens is 1. The largest absolute Gasteiger partial charge is 0.493 e. The first-order valence-corrected chi connectivity index (χ1v) is 13.6. The van der Waals surface area contributed by atoms with Gasteiger partial charge in [-0.1, -0.05) is 18.9 Å². The number of nitrogens with two attached hydrogens (primary N) is 1. The molecule has 0 spiro atoms. The van der Waals surface area contributed by atoms with Crippen LogP contribution < -0.4 is 25.4 Å². The summed E-state index contributed by atoms with van der Waals surface area (Å²) in [5.74, 6) is 1.84. The minimum atomic E-state index is -0.112.